The van der Waals surface area contributed by atoms with Gasteiger partial charge < -0.3 is 15.4 Å². The van der Waals surface area contributed by atoms with Crippen LogP contribution in [-0.4, -0.2) is 49.2 Å². The van der Waals surface area contributed by atoms with Crippen molar-refractivity contribution in [2.75, 3.05) is 30.3 Å². The van der Waals surface area contributed by atoms with E-state index in [9.17, 15) is 18.0 Å². The molecule has 2 aliphatic heterocycles. The lowest BCUT2D eigenvalue weighted by Gasteiger charge is -2.30. The number of hydrogen-bond donors (Lipinski definition) is 2. The summed E-state index contributed by atoms with van der Waals surface area (Å²) in [6.45, 7) is 2.26. The van der Waals surface area contributed by atoms with E-state index in [-0.39, 0.29) is 42.3 Å². The Morgan fingerprint density at radius 2 is 2.00 bits per heavy atom. The number of benzene rings is 1. The van der Waals surface area contributed by atoms with Gasteiger partial charge in [0.1, 0.15) is 11.6 Å². The number of piperidine rings is 1. The van der Waals surface area contributed by atoms with Gasteiger partial charge in [-0.05, 0) is 43.5 Å². The Hall–Kier alpha value is -2.98. The largest absolute Gasteiger partial charge is 0.482 e. The number of rotatable bonds is 4. The molecule has 0 bridgehead atoms. The number of hydrogen-bond acceptors (Lipinski definition) is 6. The topological polar surface area (TPSA) is 118 Å². The zero-order valence-electron chi connectivity index (χ0n) is 16.4. The third-order valence-electron chi connectivity index (χ3n) is 5.21. The van der Waals surface area contributed by atoms with Gasteiger partial charge in [0.15, 0.2) is 6.61 Å². The van der Waals surface area contributed by atoms with Gasteiger partial charge in [-0.25, -0.2) is 13.4 Å². The minimum atomic E-state index is -3.73. The van der Waals surface area contributed by atoms with Gasteiger partial charge in [0.05, 0.1) is 10.6 Å². The quantitative estimate of drug-likeness (QED) is 0.763. The SMILES string of the molecule is Cc1ccc(NC(=O)C2CCN(S(=O)(=O)c3ccc4c(c3)OCC(=O)N4)CC2)nc1. The highest BCUT2D eigenvalue weighted by Gasteiger charge is 2.33. The number of nitrogens with one attached hydrogen (secondary N) is 2. The molecule has 9 nitrogen and oxygen atoms in total. The number of aryl methyl sites for hydroxylation is 1. The van der Waals surface area contributed by atoms with Crippen LogP contribution in [0.1, 0.15) is 18.4 Å². The van der Waals surface area contributed by atoms with Crippen molar-refractivity contribution in [3.8, 4) is 5.75 Å². The van der Waals surface area contributed by atoms with Crippen LogP contribution in [0, 0.1) is 12.8 Å². The van der Waals surface area contributed by atoms with Crippen molar-refractivity contribution in [1.29, 1.82) is 0 Å². The van der Waals surface area contributed by atoms with Gasteiger partial charge in [0.2, 0.25) is 15.9 Å². The van der Waals surface area contributed by atoms with Crippen molar-refractivity contribution in [3.05, 3.63) is 42.1 Å². The molecule has 0 unspecified atom stereocenters. The Bertz CT molecular complexity index is 1080. The van der Waals surface area contributed by atoms with Crippen molar-refractivity contribution in [3.63, 3.8) is 0 Å². The number of carbonyl (C=O) groups is 2. The maximum atomic E-state index is 13.0. The molecule has 0 saturated carbocycles. The molecule has 10 heteroatoms. The van der Waals surface area contributed by atoms with Crippen LogP contribution in [0.3, 0.4) is 0 Å². The molecule has 0 atom stereocenters. The van der Waals surface area contributed by atoms with Gasteiger partial charge in [-0.1, -0.05) is 6.07 Å². The van der Waals surface area contributed by atoms with Gasteiger partial charge >= 0.3 is 0 Å². The molecule has 0 radical (unpaired) electrons. The summed E-state index contributed by atoms with van der Waals surface area (Å²) in [7, 11) is -3.73. The summed E-state index contributed by atoms with van der Waals surface area (Å²) in [5.41, 5.74) is 1.45. The number of pyridine rings is 1. The van der Waals surface area contributed by atoms with Crippen molar-refractivity contribution >= 4 is 33.3 Å². The molecule has 1 saturated heterocycles. The Morgan fingerprint density at radius 3 is 2.70 bits per heavy atom. The highest BCUT2D eigenvalue weighted by molar-refractivity contribution is 7.89. The van der Waals surface area contributed by atoms with E-state index in [0.29, 0.717) is 30.1 Å². The summed E-state index contributed by atoms with van der Waals surface area (Å²) in [6, 6.07) is 8.00. The van der Waals surface area contributed by atoms with Crippen LogP contribution in [0.25, 0.3) is 0 Å². The molecule has 30 heavy (non-hydrogen) atoms. The van der Waals surface area contributed by atoms with E-state index < -0.39 is 10.0 Å². The molecular formula is C20H22N4O5S. The molecule has 1 fully saturated rings. The maximum absolute atomic E-state index is 13.0. The Morgan fingerprint density at radius 1 is 1.23 bits per heavy atom. The lowest BCUT2D eigenvalue weighted by atomic mass is 9.97. The molecule has 0 aliphatic carbocycles. The monoisotopic (exact) mass is 430 g/mol. The fourth-order valence-electron chi connectivity index (χ4n) is 3.49. The second kappa shape index (κ2) is 8.04. The summed E-state index contributed by atoms with van der Waals surface area (Å²) >= 11 is 0. The number of ether oxygens (including phenoxy) is 1. The number of carbonyl (C=O) groups excluding carboxylic acids is 2. The molecule has 158 valence electrons. The van der Waals surface area contributed by atoms with Crippen molar-refractivity contribution in [2.45, 2.75) is 24.7 Å². The molecule has 4 rings (SSSR count). The maximum Gasteiger partial charge on any atom is 0.262 e. The zero-order chi connectivity index (χ0) is 21.3. The van der Waals surface area contributed by atoms with Gasteiger partial charge in [0.25, 0.3) is 5.91 Å². The van der Waals surface area contributed by atoms with Gasteiger partial charge in [-0.2, -0.15) is 4.31 Å². The van der Waals surface area contributed by atoms with E-state index in [1.54, 1.807) is 12.3 Å². The van der Waals surface area contributed by atoms with Crippen molar-refractivity contribution < 1.29 is 22.7 Å². The molecule has 1 aromatic heterocycles. The number of amides is 2. The molecule has 2 amide bonds. The Kier molecular flexibility index (Phi) is 5.44. The van der Waals surface area contributed by atoms with Crippen LogP contribution >= 0.6 is 0 Å². The average molecular weight is 430 g/mol. The summed E-state index contributed by atoms with van der Waals surface area (Å²) in [5.74, 6) is 0.111. The third kappa shape index (κ3) is 4.14. The van der Waals surface area contributed by atoms with Gasteiger partial charge in [-0.3, -0.25) is 9.59 Å². The Labute approximate surface area is 174 Å². The van der Waals surface area contributed by atoms with Crippen LogP contribution in [0.15, 0.2) is 41.4 Å². The minimum absolute atomic E-state index is 0.101. The highest BCUT2D eigenvalue weighted by atomic mass is 32.2. The number of anilines is 2. The second-order valence-corrected chi connectivity index (χ2v) is 9.32. The second-order valence-electron chi connectivity index (χ2n) is 7.38. The lowest BCUT2D eigenvalue weighted by molar-refractivity contribution is -0.121. The standard InChI is InChI=1S/C20H22N4O5S/c1-13-2-5-18(21-11-13)23-20(26)14-6-8-24(9-7-14)30(27,28)15-3-4-16-17(10-15)29-12-19(25)22-16/h2-5,10-11,14H,6-9,12H2,1H3,(H,22,25)(H,21,23,26). The molecular weight excluding hydrogens is 408 g/mol. The highest BCUT2D eigenvalue weighted by Crippen LogP contribution is 2.32. The van der Waals surface area contributed by atoms with Crippen LogP contribution in [0.4, 0.5) is 11.5 Å². The van der Waals surface area contributed by atoms with E-state index in [1.165, 1.54) is 22.5 Å². The van der Waals surface area contributed by atoms with Gasteiger partial charge in [0, 0.05) is 31.3 Å². The number of nitrogens with zero attached hydrogens (tertiary/aromatic N) is 2. The number of sulfonamides is 1. The average Bonchev–Trinajstić information content (AvgIpc) is 2.75. The predicted octanol–water partition coefficient (Wildman–Crippen LogP) is 1.76. The van der Waals surface area contributed by atoms with Gasteiger partial charge in [-0.15, -0.1) is 0 Å². The fourth-order valence-corrected chi connectivity index (χ4v) is 4.98. The molecule has 2 aliphatic rings. The molecule has 0 spiro atoms. The third-order valence-corrected chi connectivity index (χ3v) is 7.11. The first-order chi connectivity index (χ1) is 14.3. The lowest BCUT2D eigenvalue weighted by Crippen LogP contribution is -2.41. The number of aromatic nitrogens is 1. The van der Waals surface area contributed by atoms with Crippen molar-refractivity contribution in [2.24, 2.45) is 5.92 Å². The smallest absolute Gasteiger partial charge is 0.262 e. The van der Waals surface area contributed by atoms with Crippen molar-refractivity contribution in [1.82, 2.24) is 9.29 Å². The predicted molar refractivity (Wildman–Crippen MR) is 110 cm³/mol. The van der Waals surface area contributed by atoms with E-state index in [1.807, 2.05) is 13.0 Å². The van der Waals surface area contributed by atoms with E-state index in [0.717, 1.165) is 5.56 Å². The van der Waals surface area contributed by atoms with E-state index >= 15 is 0 Å². The summed E-state index contributed by atoms with van der Waals surface area (Å²) in [4.78, 5) is 28.1. The molecule has 2 N–H and O–H groups in total. The van der Waals surface area contributed by atoms with E-state index in [4.69, 9.17) is 4.74 Å². The minimum Gasteiger partial charge on any atom is -0.482 e. The summed E-state index contributed by atoms with van der Waals surface area (Å²) in [6.07, 6.45) is 2.53. The summed E-state index contributed by atoms with van der Waals surface area (Å²) < 4.78 is 32.7. The van der Waals surface area contributed by atoms with Crippen LogP contribution in [-0.2, 0) is 19.6 Å². The zero-order valence-corrected chi connectivity index (χ0v) is 17.2. The molecule has 2 aromatic rings. The molecule has 3 heterocycles. The van der Waals surface area contributed by atoms with Crippen LogP contribution in [0.5, 0.6) is 5.75 Å². The first-order valence-corrected chi connectivity index (χ1v) is 11.1. The number of fused-ring (bicyclic) bond motifs is 1. The first-order valence-electron chi connectivity index (χ1n) is 9.63. The van der Waals surface area contributed by atoms with E-state index in [2.05, 4.69) is 15.6 Å². The summed E-state index contributed by atoms with van der Waals surface area (Å²) in [5, 5.41) is 5.43. The molecule has 1 aromatic carbocycles. The first kappa shape index (κ1) is 20.3. The van der Waals surface area contributed by atoms with Crippen LogP contribution < -0.4 is 15.4 Å². The normalized spacial score (nSPS) is 17.6. The Balaban J connectivity index is 1.40. The van der Waals surface area contributed by atoms with Crippen LogP contribution in [0.2, 0.25) is 0 Å². The fraction of sp³-hybridized carbons (Fsp3) is 0.350.